The number of hydrogen-bond donors (Lipinski definition) is 1. The third-order valence-corrected chi connectivity index (χ3v) is 4.18. The Labute approximate surface area is 97.1 Å². The highest BCUT2D eigenvalue weighted by Crippen LogP contribution is 2.24. The van der Waals surface area contributed by atoms with Gasteiger partial charge in [-0.15, -0.1) is 11.3 Å². The van der Waals surface area contributed by atoms with Crippen molar-refractivity contribution < 1.29 is 4.79 Å². The first-order valence-electron chi connectivity index (χ1n) is 4.84. The smallest absolute Gasteiger partial charge is 0.207 e. The van der Waals surface area contributed by atoms with Crippen LogP contribution in [0.4, 0.5) is 5.13 Å². The van der Waals surface area contributed by atoms with Crippen LogP contribution in [0.5, 0.6) is 0 Å². The van der Waals surface area contributed by atoms with E-state index in [4.69, 9.17) is 0 Å². The maximum Gasteiger partial charge on any atom is 0.207 e. The van der Waals surface area contributed by atoms with E-state index < -0.39 is 0 Å². The lowest BCUT2D eigenvalue weighted by atomic mass is 10.5. The van der Waals surface area contributed by atoms with Crippen LogP contribution in [0.25, 0.3) is 0 Å². The van der Waals surface area contributed by atoms with Gasteiger partial charge in [0.2, 0.25) is 6.41 Å². The third-order valence-electron chi connectivity index (χ3n) is 2.18. The molecule has 0 saturated carbocycles. The van der Waals surface area contributed by atoms with Crippen LogP contribution in [0.2, 0.25) is 0 Å². The number of amides is 1. The van der Waals surface area contributed by atoms with Crippen LogP contribution < -0.4 is 10.2 Å². The molecule has 0 radical (unpaired) electrons. The molecule has 1 aliphatic heterocycles. The Morgan fingerprint density at radius 1 is 1.53 bits per heavy atom. The van der Waals surface area contributed by atoms with Crippen LogP contribution in [0, 0.1) is 0 Å². The van der Waals surface area contributed by atoms with Gasteiger partial charge < -0.3 is 10.2 Å². The van der Waals surface area contributed by atoms with Crippen molar-refractivity contribution in [1.29, 1.82) is 0 Å². The maximum absolute atomic E-state index is 10.1. The molecule has 1 aromatic rings. The molecule has 0 aliphatic carbocycles. The zero-order valence-electron chi connectivity index (χ0n) is 8.31. The third kappa shape index (κ3) is 2.85. The van der Waals surface area contributed by atoms with E-state index >= 15 is 0 Å². The second-order valence-corrected chi connectivity index (χ2v) is 5.53. The molecule has 1 aromatic heterocycles. The maximum atomic E-state index is 10.1. The Morgan fingerprint density at radius 2 is 2.33 bits per heavy atom. The molecule has 0 spiro atoms. The highest BCUT2D eigenvalue weighted by Gasteiger charge is 2.14. The van der Waals surface area contributed by atoms with Gasteiger partial charge in [0.1, 0.15) is 0 Å². The highest BCUT2D eigenvalue weighted by atomic mass is 32.2. The second-order valence-electron chi connectivity index (χ2n) is 3.21. The molecular formula is C9H13N3OS2. The number of carbonyl (C=O) groups excluding carboxylic acids is 1. The topological polar surface area (TPSA) is 45.2 Å². The summed E-state index contributed by atoms with van der Waals surface area (Å²) in [5.41, 5.74) is 0. The average Bonchev–Trinajstić information content (AvgIpc) is 2.76. The van der Waals surface area contributed by atoms with E-state index in [0.717, 1.165) is 29.5 Å². The van der Waals surface area contributed by atoms with Gasteiger partial charge in [0.05, 0.1) is 6.54 Å². The molecule has 0 bridgehead atoms. The van der Waals surface area contributed by atoms with Crippen molar-refractivity contribution in [1.82, 2.24) is 10.3 Å². The number of aromatic nitrogens is 1. The molecule has 2 rings (SSSR count). The fourth-order valence-corrected chi connectivity index (χ4v) is 3.24. The van der Waals surface area contributed by atoms with Crippen LogP contribution in [0.15, 0.2) is 6.20 Å². The van der Waals surface area contributed by atoms with Crippen molar-refractivity contribution in [2.24, 2.45) is 0 Å². The molecule has 0 unspecified atom stereocenters. The normalized spacial score (nSPS) is 16.4. The Hall–Kier alpha value is -0.750. The van der Waals surface area contributed by atoms with Crippen LogP contribution in [0.3, 0.4) is 0 Å². The van der Waals surface area contributed by atoms with Crippen LogP contribution in [-0.4, -0.2) is 36.0 Å². The van der Waals surface area contributed by atoms with Gasteiger partial charge in [-0.05, 0) is 0 Å². The fraction of sp³-hybridized carbons (Fsp3) is 0.556. The number of nitrogens with one attached hydrogen (secondary N) is 1. The lowest BCUT2D eigenvalue weighted by molar-refractivity contribution is -0.109. The number of rotatable bonds is 4. The van der Waals surface area contributed by atoms with Gasteiger partial charge in [0.15, 0.2) is 5.13 Å². The minimum absolute atomic E-state index is 0.587. The Balaban J connectivity index is 1.95. The number of anilines is 1. The molecule has 2 heterocycles. The number of hydrogen-bond acceptors (Lipinski definition) is 5. The summed E-state index contributed by atoms with van der Waals surface area (Å²) in [7, 11) is 0. The molecule has 15 heavy (non-hydrogen) atoms. The highest BCUT2D eigenvalue weighted by molar-refractivity contribution is 7.99. The van der Waals surface area contributed by atoms with E-state index in [2.05, 4.69) is 15.2 Å². The van der Waals surface area contributed by atoms with Gasteiger partial charge in [0, 0.05) is 35.7 Å². The monoisotopic (exact) mass is 243 g/mol. The summed E-state index contributed by atoms with van der Waals surface area (Å²) in [4.78, 5) is 17.9. The van der Waals surface area contributed by atoms with E-state index in [1.165, 1.54) is 11.5 Å². The Morgan fingerprint density at radius 3 is 3.07 bits per heavy atom. The van der Waals surface area contributed by atoms with Crippen molar-refractivity contribution >= 4 is 34.6 Å². The minimum Gasteiger partial charge on any atom is -0.354 e. The number of carbonyl (C=O) groups is 1. The fourth-order valence-electron chi connectivity index (χ4n) is 1.42. The Kier molecular flexibility index (Phi) is 3.85. The summed E-state index contributed by atoms with van der Waals surface area (Å²) in [6, 6.07) is 0. The minimum atomic E-state index is 0.587. The SMILES string of the molecule is O=CNCc1cnc(N2CCSCC2)s1. The number of thiazole rings is 1. The Bertz CT molecular complexity index is 323. The molecule has 1 N–H and O–H groups in total. The molecule has 1 fully saturated rings. The number of thioether (sulfide) groups is 1. The van der Waals surface area contributed by atoms with E-state index in [0.29, 0.717) is 6.54 Å². The van der Waals surface area contributed by atoms with Crippen LogP contribution in [0.1, 0.15) is 4.88 Å². The second kappa shape index (κ2) is 5.37. The molecule has 6 heteroatoms. The summed E-state index contributed by atoms with van der Waals surface area (Å²) >= 11 is 3.65. The average molecular weight is 243 g/mol. The van der Waals surface area contributed by atoms with Gasteiger partial charge in [0.25, 0.3) is 0 Å². The predicted octanol–water partition coefficient (Wildman–Crippen LogP) is 0.942. The molecule has 1 saturated heterocycles. The van der Waals surface area contributed by atoms with Crippen molar-refractivity contribution in [3.8, 4) is 0 Å². The van der Waals surface area contributed by atoms with Crippen molar-refractivity contribution in [2.45, 2.75) is 6.54 Å². The quantitative estimate of drug-likeness (QED) is 0.800. The zero-order valence-corrected chi connectivity index (χ0v) is 9.94. The van der Waals surface area contributed by atoms with Crippen LogP contribution in [-0.2, 0) is 11.3 Å². The zero-order chi connectivity index (χ0) is 10.5. The van der Waals surface area contributed by atoms with Gasteiger partial charge in [-0.25, -0.2) is 4.98 Å². The molecule has 4 nitrogen and oxygen atoms in total. The molecule has 1 amide bonds. The lowest BCUT2D eigenvalue weighted by Gasteiger charge is -2.25. The molecule has 1 aliphatic rings. The van der Waals surface area contributed by atoms with E-state index in [1.807, 2.05) is 18.0 Å². The summed E-state index contributed by atoms with van der Waals surface area (Å²) < 4.78 is 0. The largest absolute Gasteiger partial charge is 0.354 e. The summed E-state index contributed by atoms with van der Waals surface area (Å²) in [6.07, 6.45) is 2.56. The molecule has 0 atom stereocenters. The van der Waals surface area contributed by atoms with E-state index in [1.54, 1.807) is 11.3 Å². The molecule has 82 valence electrons. The van der Waals surface area contributed by atoms with Crippen molar-refractivity contribution in [2.75, 3.05) is 29.5 Å². The summed E-state index contributed by atoms with van der Waals surface area (Å²) in [5.74, 6) is 2.36. The first-order chi connectivity index (χ1) is 7.40. The first kappa shape index (κ1) is 10.8. The standard InChI is InChI=1S/C9H13N3OS2/c13-7-10-5-8-6-11-9(15-8)12-1-3-14-4-2-12/h6-7H,1-5H2,(H,10,13). The van der Waals surface area contributed by atoms with Crippen molar-refractivity contribution in [3.63, 3.8) is 0 Å². The van der Waals surface area contributed by atoms with Crippen LogP contribution >= 0.6 is 23.1 Å². The lowest BCUT2D eigenvalue weighted by Crippen LogP contribution is -2.32. The van der Waals surface area contributed by atoms with E-state index in [9.17, 15) is 4.79 Å². The molecule has 0 aromatic carbocycles. The van der Waals surface area contributed by atoms with Gasteiger partial charge >= 0.3 is 0 Å². The first-order valence-corrected chi connectivity index (χ1v) is 6.81. The van der Waals surface area contributed by atoms with Gasteiger partial charge in [-0.2, -0.15) is 11.8 Å². The summed E-state index contributed by atoms with van der Waals surface area (Å²) in [6.45, 7) is 2.75. The van der Waals surface area contributed by atoms with Gasteiger partial charge in [-0.3, -0.25) is 4.79 Å². The van der Waals surface area contributed by atoms with Crippen molar-refractivity contribution in [3.05, 3.63) is 11.1 Å². The number of nitrogens with zero attached hydrogens (tertiary/aromatic N) is 2. The van der Waals surface area contributed by atoms with E-state index in [-0.39, 0.29) is 0 Å². The van der Waals surface area contributed by atoms with Gasteiger partial charge in [-0.1, -0.05) is 0 Å². The predicted molar refractivity (Wildman–Crippen MR) is 64.6 cm³/mol. The summed E-state index contributed by atoms with van der Waals surface area (Å²) in [5, 5.41) is 3.73. The molecular weight excluding hydrogens is 230 g/mol.